The number of hydrogen-bond acceptors (Lipinski definition) is 2. The zero-order valence-electron chi connectivity index (χ0n) is 10.4. The summed E-state index contributed by atoms with van der Waals surface area (Å²) in [7, 11) is 0. The van der Waals surface area contributed by atoms with Crippen molar-refractivity contribution >= 4 is 33.2 Å². The Balaban J connectivity index is 1.69. The minimum Gasteiger partial charge on any atom is -0.494 e. The van der Waals surface area contributed by atoms with E-state index < -0.39 is 0 Å². The predicted molar refractivity (Wildman–Crippen MR) is 84.2 cm³/mol. The number of ether oxygens (including phenoxy) is 1. The van der Waals surface area contributed by atoms with Gasteiger partial charge in [-0.15, -0.1) is 0 Å². The van der Waals surface area contributed by atoms with Gasteiger partial charge in [-0.25, -0.2) is 0 Å². The van der Waals surface area contributed by atoms with Gasteiger partial charge in [0.15, 0.2) is 0 Å². The summed E-state index contributed by atoms with van der Waals surface area (Å²) in [6.07, 6.45) is 0.918. The molecule has 0 unspecified atom stereocenters. The number of anilines is 1. The molecule has 0 heterocycles. The van der Waals surface area contributed by atoms with Crippen molar-refractivity contribution in [2.45, 2.75) is 6.42 Å². The van der Waals surface area contributed by atoms with Gasteiger partial charge in [0.05, 0.1) is 17.3 Å². The molecule has 2 aromatic rings. The number of benzene rings is 2. The van der Waals surface area contributed by atoms with Crippen molar-refractivity contribution in [3.63, 3.8) is 0 Å². The molecule has 0 atom stereocenters. The zero-order valence-corrected chi connectivity index (χ0v) is 12.7. The number of hydrogen-bond donors (Lipinski definition) is 1. The van der Waals surface area contributed by atoms with Crippen LogP contribution in [-0.2, 0) is 0 Å². The lowest BCUT2D eigenvalue weighted by molar-refractivity contribution is 0.315. The van der Waals surface area contributed by atoms with Crippen molar-refractivity contribution in [2.75, 3.05) is 18.5 Å². The minimum atomic E-state index is 0.686. The number of rotatable bonds is 6. The summed E-state index contributed by atoms with van der Waals surface area (Å²) < 4.78 is 6.59. The first-order valence-corrected chi connectivity index (χ1v) is 7.29. The average molecular weight is 341 g/mol. The van der Waals surface area contributed by atoms with Crippen molar-refractivity contribution in [1.82, 2.24) is 0 Å². The lowest BCUT2D eigenvalue weighted by Crippen LogP contribution is -2.07. The zero-order chi connectivity index (χ0) is 13.5. The van der Waals surface area contributed by atoms with Gasteiger partial charge < -0.3 is 10.1 Å². The Labute approximate surface area is 126 Å². The maximum absolute atomic E-state index is 6.11. The molecule has 0 aliphatic rings. The largest absolute Gasteiger partial charge is 0.494 e. The van der Waals surface area contributed by atoms with Gasteiger partial charge in [0.2, 0.25) is 0 Å². The molecule has 0 amide bonds. The van der Waals surface area contributed by atoms with E-state index in [1.54, 1.807) is 0 Å². The maximum Gasteiger partial charge on any atom is 0.119 e. The highest BCUT2D eigenvalue weighted by atomic mass is 79.9. The van der Waals surface area contributed by atoms with Crippen LogP contribution in [0.1, 0.15) is 6.42 Å². The molecule has 0 fully saturated rings. The molecule has 19 heavy (non-hydrogen) atoms. The second-order valence-electron chi connectivity index (χ2n) is 4.07. The van der Waals surface area contributed by atoms with E-state index in [0.29, 0.717) is 6.61 Å². The van der Waals surface area contributed by atoms with Crippen molar-refractivity contribution in [2.24, 2.45) is 0 Å². The van der Waals surface area contributed by atoms with Crippen molar-refractivity contribution in [3.05, 3.63) is 58.0 Å². The third kappa shape index (κ3) is 4.77. The Morgan fingerprint density at radius 3 is 2.63 bits per heavy atom. The second-order valence-corrected chi connectivity index (χ2v) is 5.39. The standard InChI is InChI=1S/C15H15BrClNO/c16-12-7-8-15(14(17)11-12)18-9-4-10-19-13-5-2-1-3-6-13/h1-3,5-8,11,18H,4,9-10H2. The normalized spacial score (nSPS) is 10.2. The Hall–Kier alpha value is -1.19. The van der Waals surface area contributed by atoms with Gasteiger partial charge >= 0.3 is 0 Å². The number of para-hydroxylation sites is 1. The quantitative estimate of drug-likeness (QED) is 0.749. The van der Waals surface area contributed by atoms with E-state index in [-0.39, 0.29) is 0 Å². The van der Waals surface area contributed by atoms with Crippen LogP contribution in [0.5, 0.6) is 5.75 Å². The highest BCUT2D eigenvalue weighted by Crippen LogP contribution is 2.25. The number of halogens is 2. The Kier molecular flexibility index (Phi) is 5.55. The van der Waals surface area contributed by atoms with Crippen molar-refractivity contribution in [1.29, 1.82) is 0 Å². The third-order valence-electron chi connectivity index (χ3n) is 2.58. The van der Waals surface area contributed by atoms with E-state index >= 15 is 0 Å². The van der Waals surface area contributed by atoms with E-state index in [9.17, 15) is 0 Å². The molecule has 100 valence electrons. The van der Waals surface area contributed by atoms with Crippen LogP contribution in [0.4, 0.5) is 5.69 Å². The molecular weight excluding hydrogens is 326 g/mol. The Morgan fingerprint density at radius 2 is 1.89 bits per heavy atom. The molecule has 4 heteroatoms. The summed E-state index contributed by atoms with van der Waals surface area (Å²) in [5, 5.41) is 4.01. The van der Waals surface area contributed by atoms with Crippen LogP contribution in [0, 0.1) is 0 Å². The lowest BCUT2D eigenvalue weighted by atomic mass is 10.3. The molecule has 0 bridgehead atoms. The SMILES string of the molecule is Clc1cc(Br)ccc1NCCCOc1ccccc1. The van der Waals surface area contributed by atoms with Crippen LogP contribution >= 0.6 is 27.5 Å². The first-order valence-electron chi connectivity index (χ1n) is 6.12. The highest BCUT2D eigenvalue weighted by molar-refractivity contribution is 9.10. The van der Waals surface area contributed by atoms with Crippen LogP contribution in [0.3, 0.4) is 0 Å². The van der Waals surface area contributed by atoms with E-state index in [0.717, 1.165) is 33.9 Å². The summed E-state index contributed by atoms with van der Waals surface area (Å²) >= 11 is 9.50. The summed E-state index contributed by atoms with van der Waals surface area (Å²) in [6.45, 7) is 1.51. The fourth-order valence-corrected chi connectivity index (χ4v) is 2.38. The van der Waals surface area contributed by atoms with Crippen LogP contribution in [0.15, 0.2) is 53.0 Å². The highest BCUT2D eigenvalue weighted by Gasteiger charge is 2.00. The molecule has 2 rings (SSSR count). The molecular formula is C15H15BrClNO. The Morgan fingerprint density at radius 1 is 1.11 bits per heavy atom. The van der Waals surface area contributed by atoms with Gasteiger partial charge in [0.1, 0.15) is 5.75 Å². The average Bonchev–Trinajstić information content (AvgIpc) is 2.42. The predicted octanol–water partition coefficient (Wildman–Crippen LogP) is 4.98. The van der Waals surface area contributed by atoms with Gasteiger partial charge in [0.25, 0.3) is 0 Å². The first-order chi connectivity index (χ1) is 9.25. The van der Waals surface area contributed by atoms with Gasteiger partial charge in [-0.05, 0) is 36.8 Å². The summed E-state index contributed by atoms with van der Waals surface area (Å²) in [6, 6.07) is 15.6. The molecule has 0 aromatic heterocycles. The molecule has 0 aliphatic carbocycles. The van der Waals surface area contributed by atoms with Crippen LogP contribution in [0.2, 0.25) is 5.02 Å². The van der Waals surface area contributed by atoms with Crippen LogP contribution < -0.4 is 10.1 Å². The van der Waals surface area contributed by atoms with Crippen molar-refractivity contribution < 1.29 is 4.74 Å². The maximum atomic E-state index is 6.11. The molecule has 0 aliphatic heterocycles. The summed E-state index contributed by atoms with van der Waals surface area (Å²) in [5.74, 6) is 0.907. The molecule has 2 aromatic carbocycles. The topological polar surface area (TPSA) is 21.3 Å². The molecule has 0 saturated carbocycles. The van der Waals surface area contributed by atoms with Gasteiger partial charge in [0, 0.05) is 11.0 Å². The summed E-state index contributed by atoms with van der Waals surface area (Å²) in [5.41, 5.74) is 0.949. The minimum absolute atomic E-state index is 0.686. The van der Waals surface area contributed by atoms with E-state index in [2.05, 4.69) is 21.2 Å². The molecule has 1 N–H and O–H groups in total. The van der Waals surface area contributed by atoms with Crippen LogP contribution in [0.25, 0.3) is 0 Å². The second kappa shape index (κ2) is 7.41. The van der Waals surface area contributed by atoms with Crippen molar-refractivity contribution in [3.8, 4) is 5.75 Å². The number of nitrogens with one attached hydrogen (secondary N) is 1. The van der Waals surface area contributed by atoms with E-state index in [4.69, 9.17) is 16.3 Å². The smallest absolute Gasteiger partial charge is 0.119 e. The fraction of sp³-hybridized carbons (Fsp3) is 0.200. The first kappa shape index (κ1) is 14.2. The molecule has 0 spiro atoms. The van der Waals surface area contributed by atoms with E-state index in [1.165, 1.54) is 0 Å². The summed E-state index contributed by atoms with van der Waals surface area (Å²) in [4.78, 5) is 0. The van der Waals surface area contributed by atoms with Gasteiger partial charge in [-0.2, -0.15) is 0 Å². The molecule has 0 saturated heterocycles. The van der Waals surface area contributed by atoms with Gasteiger partial charge in [-0.1, -0.05) is 45.7 Å². The molecule has 2 nitrogen and oxygen atoms in total. The molecule has 0 radical (unpaired) electrons. The van der Waals surface area contributed by atoms with E-state index in [1.807, 2.05) is 48.5 Å². The third-order valence-corrected chi connectivity index (χ3v) is 3.39. The monoisotopic (exact) mass is 339 g/mol. The lowest BCUT2D eigenvalue weighted by Gasteiger charge is -2.09. The fourth-order valence-electron chi connectivity index (χ4n) is 1.63. The van der Waals surface area contributed by atoms with Crippen LogP contribution in [-0.4, -0.2) is 13.2 Å². The Bertz CT molecular complexity index is 519. The van der Waals surface area contributed by atoms with Gasteiger partial charge in [-0.3, -0.25) is 0 Å².